The Balaban J connectivity index is 1.63. The summed E-state index contributed by atoms with van der Waals surface area (Å²) in [4.78, 5) is 26.9. The molecule has 0 unspecified atom stereocenters. The van der Waals surface area contributed by atoms with Gasteiger partial charge in [-0.25, -0.2) is 23.5 Å². The fourth-order valence-corrected chi connectivity index (χ4v) is 2.17. The molecular formula is C15H13FN6O3. The standard InChI is InChI=1S/C15H13FN6O3/c16-11-4-2-1-3-10(11)7-21-9-17-15(20-21)19-13(23)8-22-12(14(24)25)5-6-18-22/h1-6,9H,7-8H2,(H,24,25)(H,19,20,23). The number of benzene rings is 1. The summed E-state index contributed by atoms with van der Waals surface area (Å²) >= 11 is 0. The summed E-state index contributed by atoms with van der Waals surface area (Å²) in [6.07, 6.45) is 2.65. The van der Waals surface area contributed by atoms with Crippen molar-refractivity contribution in [1.82, 2.24) is 24.5 Å². The number of anilines is 1. The second kappa shape index (κ2) is 6.91. The average Bonchev–Trinajstić information content (AvgIpc) is 3.19. The van der Waals surface area contributed by atoms with Gasteiger partial charge in [0.2, 0.25) is 11.9 Å². The summed E-state index contributed by atoms with van der Waals surface area (Å²) in [5.74, 6) is -2.04. The number of carboxylic acids is 1. The van der Waals surface area contributed by atoms with E-state index in [0.717, 1.165) is 4.68 Å². The van der Waals surface area contributed by atoms with Crippen LogP contribution in [0.15, 0.2) is 42.9 Å². The predicted molar refractivity (Wildman–Crippen MR) is 83.3 cm³/mol. The molecule has 128 valence electrons. The molecule has 2 heterocycles. The molecule has 25 heavy (non-hydrogen) atoms. The van der Waals surface area contributed by atoms with Crippen LogP contribution >= 0.6 is 0 Å². The Kier molecular flexibility index (Phi) is 4.50. The van der Waals surface area contributed by atoms with Crippen molar-refractivity contribution in [2.45, 2.75) is 13.1 Å². The maximum absolute atomic E-state index is 13.6. The van der Waals surface area contributed by atoms with E-state index in [4.69, 9.17) is 5.11 Å². The number of hydrogen-bond acceptors (Lipinski definition) is 5. The summed E-state index contributed by atoms with van der Waals surface area (Å²) in [5.41, 5.74) is 0.334. The quantitative estimate of drug-likeness (QED) is 0.689. The summed E-state index contributed by atoms with van der Waals surface area (Å²) < 4.78 is 16.0. The zero-order chi connectivity index (χ0) is 17.8. The van der Waals surface area contributed by atoms with Gasteiger partial charge in [0.15, 0.2) is 0 Å². The van der Waals surface area contributed by atoms with E-state index in [0.29, 0.717) is 5.56 Å². The van der Waals surface area contributed by atoms with Gasteiger partial charge in [0.25, 0.3) is 0 Å². The number of amides is 1. The van der Waals surface area contributed by atoms with E-state index in [-0.39, 0.29) is 30.5 Å². The van der Waals surface area contributed by atoms with Crippen LogP contribution < -0.4 is 5.32 Å². The summed E-state index contributed by atoms with van der Waals surface area (Å²) in [6.45, 7) is -0.131. The lowest BCUT2D eigenvalue weighted by Gasteiger charge is -2.04. The normalized spacial score (nSPS) is 10.6. The molecule has 3 aromatic rings. The van der Waals surface area contributed by atoms with Crippen LogP contribution in [0.2, 0.25) is 0 Å². The summed E-state index contributed by atoms with van der Waals surface area (Å²) in [6, 6.07) is 7.56. The average molecular weight is 344 g/mol. The molecule has 0 saturated heterocycles. The zero-order valence-electron chi connectivity index (χ0n) is 12.8. The van der Waals surface area contributed by atoms with Gasteiger partial charge in [-0.1, -0.05) is 18.2 Å². The van der Waals surface area contributed by atoms with E-state index >= 15 is 0 Å². The lowest BCUT2D eigenvalue weighted by atomic mass is 10.2. The topological polar surface area (TPSA) is 115 Å². The van der Waals surface area contributed by atoms with Crippen molar-refractivity contribution in [3.05, 3.63) is 59.9 Å². The van der Waals surface area contributed by atoms with Crippen molar-refractivity contribution in [3.63, 3.8) is 0 Å². The van der Waals surface area contributed by atoms with E-state index in [9.17, 15) is 14.0 Å². The van der Waals surface area contributed by atoms with Crippen LogP contribution in [-0.2, 0) is 17.9 Å². The Morgan fingerprint density at radius 3 is 2.80 bits per heavy atom. The lowest BCUT2D eigenvalue weighted by Crippen LogP contribution is -2.22. The number of nitrogens with zero attached hydrogens (tertiary/aromatic N) is 5. The number of nitrogens with one attached hydrogen (secondary N) is 1. The highest BCUT2D eigenvalue weighted by Crippen LogP contribution is 2.08. The summed E-state index contributed by atoms with van der Waals surface area (Å²) in [5, 5.41) is 19.2. The van der Waals surface area contributed by atoms with Gasteiger partial charge in [-0.2, -0.15) is 5.10 Å². The fourth-order valence-electron chi connectivity index (χ4n) is 2.17. The number of hydrogen-bond donors (Lipinski definition) is 2. The van der Waals surface area contributed by atoms with Crippen molar-refractivity contribution < 1.29 is 19.1 Å². The lowest BCUT2D eigenvalue weighted by molar-refractivity contribution is -0.117. The molecule has 2 aromatic heterocycles. The third-order valence-electron chi connectivity index (χ3n) is 3.31. The maximum Gasteiger partial charge on any atom is 0.354 e. The van der Waals surface area contributed by atoms with Gasteiger partial charge >= 0.3 is 5.97 Å². The Labute approximate surface area is 140 Å². The Morgan fingerprint density at radius 2 is 2.04 bits per heavy atom. The molecule has 0 bridgehead atoms. The van der Waals surface area contributed by atoms with Crippen LogP contribution in [0, 0.1) is 5.82 Å². The van der Waals surface area contributed by atoms with Gasteiger partial charge < -0.3 is 5.11 Å². The van der Waals surface area contributed by atoms with Crippen molar-refractivity contribution in [1.29, 1.82) is 0 Å². The second-order valence-corrected chi connectivity index (χ2v) is 5.08. The molecule has 0 saturated carbocycles. The molecule has 0 atom stereocenters. The summed E-state index contributed by atoms with van der Waals surface area (Å²) in [7, 11) is 0. The maximum atomic E-state index is 13.6. The minimum atomic E-state index is -1.18. The molecule has 10 heteroatoms. The number of carboxylic acid groups (broad SMARTS) is 1. The first kappa shape index (κ1) is 16.3. The van der Waals surface area contributed by atoms with Gasteiger partial charge in [-0.05, 0) is 12.1 Å². The SMILES string of the molecule is O=C(Cn1nccc1C(=O)O)Nc1ncn(Cc2ccccc2F)n1. The highest BCUT2D eigenvalue weighted by atomic mass is 19.1. The largest absolute Gasteiger partial charge is 0.477 e. The first-order chi connectivity index (χ1) is 12.0. The number of aromatic carboxylic acids is 1. The van der Waals surface area contributed by atoms with E-state index in [1.54, 1.807) is 18.2 Å². The Hall–Kier alpha value is -3.56. The Morgan fingerprint density at radius 1 is 1.24 bits per heavy atom. The smallest absolute Gasteiger partial charge is 0.354 e. The fraction of sp³-hybridized carbons (Fsp3) is 0.133. The molecule has 0 spiro atoms. The van der Waals surface area contributed by atoms with Crippen LogP contribution in [0.25, 0.3) is 0 Å². The molecule has 3 rings (SSSR count). The molecule has 1 amide bonds. The molecule has 0 aliphatic heterocycles. The van der Waals surface area contributed by atoms with Gasteiger partial charge in [-0.15, -0.1) is 5.10 Å². The number of carbonyl (C=O) groups is 2. The monoisotopic (exact) mass is 344 g/mol. The molecule has 0 radical (unpaired) electrons. The van der Waals surface area contributed by atoms with Crippen molar-refractivity contribution >= 4 is 17.8 Å². The number of rotatable bonds is 6. The van der Waals surface area contributed by atoms with Gasteiger partial charge in [-0.3, -0.25) is 10.1 Å². The first-order valence-electron chi connectivity index (χ1n) is 7.21. The van der Waals surface area contributed by atoms with Crippen molar-refractivity contribution in [2.24, 2.45) is 0 Å². The van der Waals surface area contributed by atoms with E-state index in [1.807, 2.05) is 0 Å². The molecule has 0 aliphatic carbocycles. The minimum absolute atomic E-state index is 0.0328. The molecule has 0 aliphatic rings. The van der Waals surface area contributed by atoms with Crippen LogP contribution in [0.3, 0.4) is 0 Å². The van der Waals surface area contributed by atoms with Crippen LogP contribution in [0.1, 0.15) is 16.1 Å². The van der Waals surface area contributed by atoms with Crippen molar-refractivity contribution in [3.8, 4) is 0 Å². The first-order valence-corrected chi connectivity index (χ1v) is 7.21. The zero-order valence-corrected chi connectivity index (χ0v) is 12.8. The number of halogens is 1. The molecular weight excluding hydrogens is 331 g/mol. The molecule has 2 N–H and O–H groups in total. The third kappa shape index (κ3) is 3.86. The Bertz CT molecular complexity index is 919. The number of aromatic nitrogens is 5. The number of carbonyl (C=O) groups excluding carboxylic acids is 1. The van der Waals surface area contributed by atoms with Crippen LogP contribution in [0.5, 0.6) is 0 Å². The van der Waals surface area contributed by atoms with E-state index in [2.05, 4.69) is 20.5 Å². The minimum Gasteiger partial charge on any atom is -0.477 e. The van der Waals surface area contributed by atoms with Gasteiger partial charge in [0.1, 0.15) is 24.4 Å². The predicted octanol–water partition coefficient (Wildman–Crippen LogP) is 0.999. The highest BCUT2D eigenvalue weighted by Gasteiger charge is 2.14. The molecule has 9 nitrogen and oxygen atoms in total. The van der Waals surface area contributed by atoms with Crippen molar-refractivity contribution in [2.75, 3.05) is 5.32 Å². The van der Waals surface area contributed by atoms with E-state index in [1.165, 1.54) is 29.3 Å². The third-order valence-corrected chi connectivity index (χ3v) is 3.31. The van der Waals surface area contributed by atoms with Gasteiger partial charge in [0.05, 0.1) is 6.54 Å². The highest BCUT2D eigenvalue weighted by molar-refractivity contribution is 5.90. The van der Waals surface area contributed by atoms with Gasteiger partial charge in [0, 0.05) is 11.8 Å². The molecule has 1 aromatic carbocycles. The van der Waals surface area contributed by atoms with E-state index < -0.39 is 11.9 Å². The van der Waals surface area contributed by atoms with Crippen LogP contribution in [-0.4, -0.2) is 41.5 Å². The second-order valence-electron chi connectivity index (χ2n) is 5.08. The molecule has 0 fully saturated rings. The van der Waals surface area contributed by atoms with Crippen LogP contribution in [0.4, 0.5) is 10.3 Å².